The minimum atomic E-state index is -3.59. The van der Waals surface area contributed by atoms with Gasteiger partial charge in [0.25, 0.3) is 0 Å². The molecular weight excluding hydrogens is 424 g/mol. The van der Waals surface area contributed by atoms with Crippen molar-refractivity contribution >= 4 is 26.7 Å². The third kappa shape index (κ3) is 4.79. The molecule has 1 fully saturated rings. The maximum absolute atomic E-state index is 13.1. The van der Waals surface area contributed by atoms with Crippen LogP contribution in [0, 0.1) is 0 Å². The molecule has 0 atom stereocenters. The van der Waals surface area contributed by atoms with Crippen molar-refractivity contribution < 1.29 is 17.9 Å². The van der Waals surface area contributed by atoms with E-state index < -0.39 is 10.0 Å². The molecule has 1 heterocycles. The van der Waals surface area contributed by atoms with E-state index in [0.717, 1.165) is 22.1 Å². The lowest BCUT2D eigenvalue weighted by atomic mass is 10.1. The van der Waals surface area contributed by atoms with Crippen LogP contribution in [0.2, 0.25) is 0 Å². The first-order chi connectivity index (χ1) is 15.5. The van der Waals surface area contributed by atoms with Gasteiger partial charge in [-0.05, 0) is 47.9 Å². The first kappa shape index (κ1) is 22.3. The molecule has 0 radical (unpaired) electrons. The topological polar surface area (TPSA) is 66.9 Å². The Morgan fingerprint density at radius 3 is 2.34 bits per heavy atom. The molecule has 4 rings (SSSR count). The molecule has 1 saturated heterocycles. The number of hydrogen-bond acceptors (Lipinski definition) is 4. The summed E-state index contributed by atoms with van der Waals surface area (Å²) < 4.78 is 33.4. The highest BCUT2D eigenvalue weighted by Gasteiger charge is 2.30. The van der Waals surface area contributed by atoms with Crippen molar-refractivity contribution in [3.63, 3.8) is 0 Å². The van der Waals surface area contributed by atoms with Gasteiger partial charge in [0.15, 0.2) is 0 Å². The Hall–Kier alpha value is -2.90. The molecule has 1 aliphatic heterocycles. The summed E-state index contributed by atoms with van der Waals surface area (Å²) in [6, 6.07) is 20.7. The number of hydrogen-bond donors (Lipinski definition) is 0. The molecular formula is C25H28N2O4S. The first-order valence-corrected chi connectivity index (χ1v) is 12.4. The quantitative estimate of drug-likeness (QED) is 0.548. The van der Waals surface area contributed by atoms with Crippen LogP contribution in [-0.2, 0) is 21.2 Å². The second-order valence-corrected chi connectivity index (χ2v) is 9.77. The maximum Gasteiger partial charge on any atom is 0.243 e. The Bertz CT molecular complexity index is 1200. The van der Waals surface area contributed by atoms with Crippen molar-refractivity contribution in [1.29, 1.82) is 0 Å². The van der Waals surface area contributed by atoms with Crippen LogP contribution in [0.15, 0.2) is 71.6 Å². The number of aryl methyl sites for hydroxylation is 1. The zero-order valence-electron chi connectivity index (χ0n) is 18.2. The van der Waals surface area contributed by atoms with Gasteiger partial charge in [-0.15, -0.1) is 0 Å². The minimum absolute atomic E-state index is 0.0408. The van der Waals surface area contributed by atoms with Gasteiger partial charge in [-0.3, -0.25) is 4.79 Å². The molecule has 0 N–H and O–H groups in total. The molecule has 0 spiro atoms. The van der Waals surface area contributed by atoms with Crippen LogP contribution in [0.1, 0.15) is 18.9 Å². The number of para-hydroxylation sites is 1. The zero-order valence-corrected chi connectivity index (χ0v) is 19.1. The number of ether oxygens (including phenoxy) is 1. The fourth-order valence-corrected chi connectivity index (χ4v) is 5.52. The summed E-state index contributed by atoms with van der Waals surface area (Å²) in [5.74, 6) is 0.855. The molecule has 168 valence electrons. The summed E-state index contributed by atoms with van der Waals surface area (Å²) in [5, 5.41) is 1.91. The van der Waals surface area contributed by atoms with Gasteiger partial charge in [0, 0.05) is 32.6 Å². The van der Waals surface area contributed by atoms with Gasteiger partial charge in [0.1, 0.15) is 5.75 Å². The lowest BCUT2D eigenvalue weighted by Gasteiger charge is -2.34. The van der Waals surface area contributed by atoms with E-state index in [2.05, 4.69) is 0 Å². The van der Waals surface area contributed by atoms with Gasteiger partial charge < -0.3 is 9.64 Å². The van der Waals surface area contributed by atoms with Crippen LogP contribution in [0.5, 0.6) is 5.75 Å². The lowest BCUT2D eigenvalue weighted by Crippen LogP contribution is -2.50. The lowest BCUT2D eigenvalue weighted by molar-refractivity contribution is -0.132. The molecule has 0 aliphatic carbocycles. The summed E-state index contributed by atoms with van der Waals surface area (Å²) in [4.78, 5) is 14.8. The second-order valence-electron chi connectivity index (χ2n) is 7.83. The molecule has 7 heteroatoms. The minimum Gasteiger partial charge on any atom is -0.494 e. The zero-order chi connectivity index (χ0) is 22.6. The van der Waals surface area contributed by atoms with E-state index in [0.29, 0.717) is 50.5 Å². The number of carbonyl (C=O) groups is 1. The Balaban J connectivity index is 1.36. The molecule has 0 bridgehead atoms. The van der Waals surface area contributed by atoms with E-state index in [4.69, 9.17) is 4.74 Å². The highest BCUT2D eigenvalue weighted by atomic mass is 32.2. The summed E-state index contributed by atoms with van der Waals surface area (Å²) >= 11 is 0. The Morgan fingerprint density at radius 1 is 0.906 bits per heavy atom. The van der Waals surface area contributed by atoms with Gasteiger partial charge in [-0.2, -0.15) is 4.31 Å². The number of carbonyl (C=O) groups excluding carboxylic acids is 1. The highest BCUT2D eigenvalue weighted by molar-refractivity contribution is 7.89. The van der Waals surface area contributed by atoms with E-state index in [9.17, 15) is 13.2 Å². The average molecular weight is 453 g/mol. The Morgan fingerprint density at radius 2 is 1.59 bits per heavy atom. The summed E-state index contributed by atoms with van der Waals surface area (Å²) in [6.45, 7) is 3.93. The number of amides is 1. The molecule has 6 nitrogen and oxygen atoms in total. The van der Waals surface area contributed by atoms with Crippen LogP contribution in [0.4, 0.5) is 0 Å². The van der Waals surface area contributed by atoms with E-state index in [1.165, 1.54) is 4.31 Å². The maximum atomic E-state index is 13.1. The predicted octanol–water partition coefficient (Wildman–Crippen LogP) is 3.70. The van der Waals surface area contributed by atoms with Gasteiger partial charge >= 0.3 is 0 Å². The number of benzene rings is 3. The van der Waals surface area contributed by atoms with Gasteiger partial charge in [-0.1, -0.05) is 48.5 Å². The molecule has 3 aromatic rings. The number of nitrogens with zero attached hydrogens (tertiary/aromatic N) is 2. The molecule has 1 amide bonds. The largest absolute Gasteiger partial charge is 0.494 e. The van der Waals surface area contributed by atoms with Crippen molar-refractivity contribution in [1.82, 2.24) is 9.21 Å². The van der Waals surface area contributed by atoms with Crippen LogP contribution < -0.4 is 4.74 Å². The van der Waals surface area contributed by atoms with Crippen LogP contribution in [0.25, 0.3) is 10.8 Å². The molecule has 1 aliphatic rings. The van der Waals surface area contributed by atoms with Crippen molar-refractivity contribution in [3.05, 3.63) is 72.3 Å². The number of rotatable bonds is 7. The van der Waals surface area contributed by atoms with Crippen molar-refractivity contribution in [2.24, 2.45) is 0 Å². The predicted molar refractivity (Wildman–Crippen MR) is 125 cm³/mol. The fourth-order valence-electron chi connectivity index (χ4n) is 4.06. The van der Waals surface area contributed by atoms with Crippen LogP contribution >= 0.6 is 0 Å². The number of sulfonamides is 1. The molecule has 0 aromatic heterocycles. The third-order valence-electron chi connectivity index (χ3n) is 5.83. The Kier molecular flexibility index (Phi) is 6.77. The molecule has 3 aromatic carbocycles. The molecule has 0 saturated carbocycles. The van der Waals surface area contributed by atoms with Crippen molar-refractivity contribution in [2.75, 3.05) is 32.8 Å². The summed E-state index contributed by atoms with van der Waals surface area (Å²) in [5.41, 5.74) is 1.01. The third-order valence-corrected chi connectivity index (χ3v) is 7.73. The normalized spacial score (nSPS) is 15.1. The van der Waals surface area contributed by atoms with E-state index in [1.54, 1.807) is 17.0 Å². The van der Waals surface area contributed by atoms with Crippen molar-refractivity contribution in [3.8, 4) is 5.75 Å². The van der Waals surface area contributed by atoms with E-state index in [-0.39, 0.29) is 5.91 Å². The van der Waals surface area contributed by atoms with Gasteiger partial charge in [-0.25, -0.2) is 8.42 Å². The summed E-state index contributed by atoms with van der Waals surface area (Å²) in [6.07, 6.45) is 0.978. The van der Waals surface area contributed by atoms with Crippen LogP contribution in [-0.4, -0.2) is 56.3 Å². The van der Waals surface area contributed by atoms with E-state index >= 15 is 0 Å². The Labute approximate surface area is 189 Å². The highest BCUT2D eigenvalue weighted by Crippen LogP contribution is 2.24. The van der Waals surface area contributed by atoms with E-state index in [1.807, 2.05) is 61.5 Å². The molecule has 0 unspecified atom stereocenters. The number of fused-ring (bicyclic) bond motifs is 1. The van der Waals surface area contributed by atoms with Gasteiger partial charge in [0.05, 0.1) is 11.5 Å². The summed E-state index contributed by atoms with van der Waals surface area (Å²) in [7, 11) is -3.59. The number of piperazine rings is 1. The average Bonchev–Trinajstić information content (AvgIpc) is 2.83. The fraction of sp³-hybridized carbons (Fsp3) is 0.320. The first-order valence-electron chi connectivity index (χ1n) is 11.0. The standard InChI is InChI=1S/C25H28N2O4S/c1-2-31-24-10-6-5-8-21(24)12-14-25(28)26-15-17-27(18-16-26)32(29,30)23-13-11-20-7-3-4-9-22(20)19-23/h3-11,13,19H,2,12,14-18H2,1H3. The SMILES string of the molecule is CCOc1ccccc1CCC(=O)N1CCN(S(=O)(=O)c2ccc3ccccc3c2)CC1. The second kappa shape index (κ2) is 9.71. The molecule has 32 heavy (non-hydrogen) atoms. The smallest absolute Gasteiger partial charge is 0.243 e. The van der Waals surface area contributed by atoms with Crippen molar-refractivity contribution in [2.45, 2.75) is 24.7 Å². The van der Waals surface area contributed by atoms with Gasteiger partial charge in [0.2, 0.25) is 15.9 Å². The van der Waals surface area contributed by atoms with Crippen LogP contribution in [0.3, 0.4) is 0 Å². The monoisotopic (exact) mass is 452 g/mol.